The molecule has 0 saturated heterocycles. The summed E-state index contributed by atoms with van der Waals surface area (Å²) in [4.78, 5) is 23.5. The van der Waals surface area contributed by atoms with Crippen molar-refractivity contribution in [2.75, 3.05) is 10.0 Å². The molecule has 2 rings (SSSR count). The second kappa shape index (κ2) is 7.79. The van der Waals surface area contributed by atoms with Gasteiger partial charge in [0.15, 0.2) is 0 Å². The number of carbonyl (C=O) groups is 2. The van der Waals surface area contributed by atoms with Crippen LogP contribution < -0.4 is 15.4 Å². The Morgan fingerprint density at radius 1 is 0.926 bits per heavy atom. The lowest BCUT2D eigenvalue weighted by Crippen LogP contribution is -2.40. The van der Waals surface area contributed by atoms with Crippen LogP contribution in [0.1, 0.15) is 38.1 Å². The number of benzene rings is 2. The Kier molecular flexibility index (Phi) is 5.90. The lowest BCUT2D eigenvalue weighted by atomic mass is 10.1. The quantitative estimate of drug-likeness (QED) is 0.731. The Hall–Kier alpha value is -2.87. The minimum absolute atomic E-state index is 0.0163. The van der Waals surface area contributed by atoms with Crippen LogP contribution in [0.4, 0.5) is 11.4 Å². The van der Waals surface area contributed by atoms with Crippen molar-refractivity contribution in [1.82, 2.24) is 5.32 Å². The molecular formula is C19H23N3O4S. The van der Waals surface area contributed by atoms with Crippen molar-refractivity contribution in [3.05, 3.63) is 54.1 Å². The van der Waals surface area contributed by atoms with E-state index in [1.54, 1.807) is 18.2 Å². The second-order valence-electron chi connectivity index (χ2n) is 7.06. The van der Waals surface area contributed by atoms with E-state index in [0.717, 1.165) is 0 Å². The highest BCUT2D eigenvalue weighted by Gasteiger charge is 2.21. The monoisotopic (exact) mass is 389 g/mol. The topological polar surface area (TPSA) is 104 Å². The molecule has 0 aromatic heterocycles. The molecule has 2 aromatic carbocycles. The minimum Gasteiger partial charge on any atom is -0.347 e. The van der Waals surface area contributed by atoms with Gasteiger partial charge in [0.25, 0.3) is 15.9 Å². The largest absolute Gasteiger partial charge is 0.347 e. The molecule has 0 spiro atoms. The number of hydrogen-bond acceptors (Lipinski definition) is 4. The van der Waals surface area contributed by atoms with E-state index in [0.29, 0.717) is 5.69 Å². The predicted octanol–water partition coefficient (Wildman–Crippen LogP) is 2.97. The summed E-state index contributed by atoms with van der Waals surface area (Å²) in [7, 11) is -3.90. The molecule has 0 heterocycles. The first kappa shape index (κ1) is 20.4. The van der Waals surface area contributed by atoms with Gasteiger partial charge in [-0.05, 0) is 57.2 Å². The first-order chi connectivity index (χ1) is 12.5. The van der Waals surface area contributed by atoms with Crippen molar-refractivity contribution in [3.63, 3.8) is 0 Å². The normalized spacial score (nSPS) is 11.6. The van der Waals surface area contributed by atoms with E-state index in [9.17, 15) is 18.0 Å². The smallest absolute Gasteiger partial charge is 0.261 e. The first-order valence-corrected chi connectivity index (χ1v) is 9.78. The van der Waals surface area contributed by atoms with Crippen LogP contribution in [0.15, 0.2) is 53.4 Å². The van der Waals surface area contributed by atoms with Gasteiger partial charge in [0, 0.05) is 18.2 Å². The average molecular weight is 389 g/mol. The van der Waals surface area contributed by atoms with Gasteiger partial charge in [0.1, 0.15) is 0 Å². The van der Waals surface area contributed by atoms with Gasteiger partial charge in [-0.15, -0.1) is 0 Å². The molecule has 0 atom stereocenters. The summed E-state index contributed by atoms with van der Waals surface area (Å²) in [6.45, 7) is 6.89. The van der Waals surface area contributed by atoms with Gasteiger partial charge in [0.05, 0.1) is 16.1 Å². The van der Waals surface area contributed by atoms with Crippen molar-refractivity contribution in [1.29, 1.82) is 0 Å². The van der Waals surface area contributed by atoms with Gasteiger partial charge in [-0.1, -0.05) is 12.1 Å². The Morgan fingerprint density at radius 3 is 2.07 bits per heavy atom. The Balaban J connectivity index is 2.28. The van der Waals surface area contributed by atoms with Crippen molar-refractivity contribution in [2.45, 2.75) is 38.1 Å². The molecule has 0 aliphatic rings. The van der Waals surface area contributed by atoms with Gasteiger partial charge >= 0.3 is 0 Å². The summed E-state index contributed by atoms with van der Waals surface area (Å²) >= 11 is 0. The van der Waals surface area contributed by atoms with E-state index in [-0.39, 0.29) is 28.0 Å². The van der Waals surface area contributed by atoms with Crippen molar-refractivity contribution >= 4 is 33.2 Å². The zero-order valence-electron chi connectivity index (χ0n) is 15.7. The van der Waals surface area contributed by atoms with E-state index >= 15 is 0 Å². The van der Waals surface area contributed by atoms with Crippen LogP contribution in [0.25, 0.3) is 0 Å². The minimum atomic E-state index is -3.90. The molecule has 7 nitrogen and oxygen atoms in total. The number of para-hydroxylation sites is 1. The van der Waals surface area contributed by atoms with E-state index in [1.165, 1.54) is 37.3 Å². The third-order valence-electron chi connectivity index (χ3n) is 3.39. The molecule has 2 amide bonds. The molecule has 0 bridgehead atoms. The Morgan fingerprint density at radius 2 is 1.52 bits per heavy atom. The number of carbonyl (C=O) groups excluding carboxylic acids is 2. The van der Waals surface area contributed by atoms with Gasteiger partial charge in [-0.25, -0.2) is 8.42 Å². The number of anilines is 2. The molecule has 2 aromatic rings. The van der Waals surface area contributed by atoms with Crippen molar-refractivity contribution < 1.29 is 18.0 Å². The summed E-state index contributed by atoms with van der Waals surface area (Å²) in [6.07, 6.45) is 0. The molecule has 0 unspecified atom stereocenters. The molecule has 0 aliphatic carbocycles. The number of rotatable bonds is 5. The zero-order chi connectivity index (χ0) is 20.2. The van der Waals surface area contributed by atoms with Crippen LogP contribution in [-0.4, -0.2) is 25.8 Å². The van der Waals surface area contributed by atoms with Crippen LogP contribution >= 0.6 is 0 Å². The third kappa shape index (κ3) is 5.82. The predicted molar refractivity (Wildman–Crippen MR) is 105 cm³/mol. The summed E-state index contributed by atoms with van der Waals surface area (Å²) in [5, 5.41) is 5.38. The highest BCUT2D eigenvalue weighted by atomic mass is 32.2. The van der Waals surface area contributed by atoms with E-state index < -0.39 is 15.6 Å². The van der Waals surface area contributed by atoms with E-state index in [1.807, 2.05) is 20.8 Å². The molecule has 27 heavy (non-hydrogen) atoms. The number of sulfonamides is 1. The first-order valence-electron chi connectivity index (χ1n) is 8.30. The number of nitrogens with one attached hydrogen (secondary N) is 3. The van der Waals surface area contributed by atoms with E-state index in [4.69, 9.17) is 0 Å². The van der Waals surface area contributed by atoms with Crippen LogP contribution in [0, 0.1) is 0 Å². The van der Waals surface area contributed by atoms with Crippen molar-refractivity contribution in [2.24, 2.45) is 0 Å². The van der Waals surface area contributed by atoms with Gasteiger partial charge in [0.2, 0.25) is 5.91 Å². The molecule has 0 saturated carbocycles. The van der Waals surface area contributed by atoms with Crippen molar-refractivity contribution in [3.8, 4) is 0 Å². The zero-order valence-corrected chi connectivity index (χ0v) is 16.5. The third-order valence-corrected chi connectivity index (χ3v) is 4.77. The summed E-state index contributed by atoms with van der Waals surface area (Å²) < 4.78 is 27.8. The lowest BCUT2D eigenvalue weighted by molar-refractivity contribution is -0.114. The second-order valence-corrected chi connectivity index (χ2v) is 8.74. The van der Waals surface area contributed by atoms with Gasteiger partial charge in [-0.2, -0.15) is 0 Å². The summed E-state index contributed by atoms with van der Waals surface area (Å²) in [5.74, 6) is -0.621. The van der Waals surface area contributed by atoms with Gasteiger partial charge < -0.3 is 10.6 Å². The Bertz CT molecular complexity index is 946. The maximum atomic E-state index is 12.7. The maximum absolute atomic E-state index is 12.7. The average Bonchev–Trinajstić information content (AvgIpc) is 2.53. The van der Waals surface area contributed by atoms with Gasteiger partial charge in [-0.3, -0.25) is 14.3 Å². The molecule has 8 heteroatoms. The molecule has 0 radical (unpaired) electrons. The highest BCUT2D eigenvalue weighted by molar-refractivity contribution is 7.92. The highest BCUT2D eigenvalue weighted by Crippen LogP contribution is 2.22. The van der Waals surface area contributed by atoms with Crippen LogP contribution in [0.5, 0.6) is 0 Å². The van der Waals surface area contributed by atoms with Crippen LogP contribution in [-0.2, 0) is 14.8 Å². The fourth-order valence-electron chi connectivity index (χ4n) is 2.30. The molecule has 144 valence electrons. The van der Waals surface area contributed by atoms with E-state index in [2.05, 4.69) is 15.4 Å². The molecular weight excluding hydrogens is 366 g/mol. The summed E-state index contributed by atoms with van der Waals surface area (Å²) in [6, 6.07) is 12.1. The molecule has 0 aliphatic heterocycles. The Labute approximate surface area is 159 Å². The summed E-state index contributed by atoms with van der Waals surface area (Å²) in [5.41, 5.74) is 0.449. The lowest BCUT2D eigenvalue weighted by Gasteiger charge is -2.21. The van der Waals surface area contributed by atoms with Crippen LogP contribution in [0.2, 0.25) is 0 Å². The molecule has 0 fully saturated rings. The SMILES string of the molecule is CC(=O)Nc1ccc(S(=O)(=O)Nc2ccccc2C(=O)NC(C)(C)C)cc1. The fourth-order valence-corrected chi connectivity index (χ4v) is 3.38. The maximum Gasteiger partial charge on any atom is 0.261 e. The standard InChI is InChI=1S/C19H23N3O4S/c1-13(23)20-14-9-11-15(12-10-14)27(25,26)22-17-8-6-5-7-16(17)18(24)21-19(2,3)4/h5-12,22H,1-4H3,(H,20,23)(H,21,24). The fraction of sp³-hybridized carbons (Fsp3) is 0.263. The molecule has 3 N–H and O–H groups in total. The van der Waals surface area contributed by atoms with Crippen LogP contribution in [0.3, 0.4) is 0 Å². The number of hydrogen-bond donors (Lipinski definition) is 3. The number of amides is 2.